The van der Waals surface area contributed by atoms with E-state index in [-0.39, 0.29) is 23.6 Å². The summed E-state index contributed by atoms with van der Waals surface area (Å²) in [5.74, 6) is -0.113. The van der Waals surface area contributed by atoms with Crippen molar-refractivity contribution >= 4 is 5.91 Å². The van der Waals surface area contributed by atoms with E-state index >= 15 is 0 Å². The first kappa shape index (κ1) is 17.4. The summed E-state index contributed by atoms with van der Waals surface area (Å²) in [7, 11) is 0. The van der Waals surface area contributed by atoms with E-state index in [4.69, 9.17) is 5.73 Å². The predicted octanol–water partition coefficient (Wildman–Crippen LogP) is 2.84. The Kier molecular flexibility index (Phi) is 6.55. The highest BCUT2D eigenvalue weighted by molar-refractivity contribution is 5.82. The van der Waals surface area contributed by atoms with Gasteiger partial charge in [-0.1, -0.05) is 32.4 Å². The second-order valence-electron chi connectivity index (χ2n) is 5.09. The van der Waals surface area contributed by atoms with E-state index in [0.717, 1.165) is 6.42 Å². The van der Waals surface area contributed by atoms with Crippen LogP contribution in [0.5, 0.6) is 5.75 Å². The number of carbonyl (C=O) groups excluding carboxylic acids is 1. The molecule has 1 rings (SSSR count). The molecule has 0 saturated carbocycles. The van der Waals surface area contributed by atoms with Gasteiger partial charge in [0, 0.05) is 0 Å². The molecule has 3 atom stereocenters. The van der Waals surface area contributed by atoms with Crippen LogP contribution >= 0.6 is 0 Å². The smallest absolute Gasteiger partial charge is 0.387 e. The van der Waals surface area contributed by atoms with Crippen LogP contribution in [0.25, 0.3) is 0 Å². The minimum Gasteiger partial charge on any atom is -0.435 e. The lowest BCUT2D eigenvalue weighted by atomic mass is 9.98. The molecule has 3 unspecified atom stereocenters. The number of rotatable bonds is 7. The van der Waals surface area contributed by atoms with Crippen LogP contribution in [0.3, 0.4) is 0 Å². The van der Waals surface area contributed by atoms with Gasteiger partial charge >= 0.3 is 6.61 Å². The Bertz CT molecular complexity index is 469. The molecular formula is C15H22F2N2O2. The van der Waals surface area contributed by atoms with Crippen molar-refractivity contribution in [2.45, 2.75) is 45.9 Å². The van der Waals surface area contributed by atoms with Crippen LogP contribution in [0, 0.1) is 5.92 Å². The number of amides is 1. The number of hydrogen-bond donors (Lipinski definition) is 2. The second-order valence-corrected chi connectivity index (χ2v) is 5.09. The number of benzene rings is 1. The number of hydrogen-bond acceptors (Lipinski definition) is 3. The van der Waals surface area contributed by atoms with Crippen molar-refractivity contribution in [3.05, 3.63) is 29.8 Å². The third kappa shape index (κ3) is 5.30. The summed E-state index contributed by atoms with van der Waals surface area (Å²) < 4.78 is 28.7. The Hall–Kier alpha value is -1.69. The molecule has 0 aliphatic heterocycles. The first-order valence-electron chi connectivity index (χ1n) is 6.95. The fourth-order valence-corrected chi connectivity index (χ4v) is 1.87. The van der Waals surface area contributed by atoms with Gasteiger partial charge in [0.1, 0.15) is 5.75 Å². The molecule has 0 aliphatic carbocycles. The lowest BCUT2D eigenvalue weighted by molar-refractivity contribution is -0.124. The molecule has 0 aliphatic rings. The Labute approximate surface area is 123 Å². The summed E-state index contributed by atoms with van der Waals surface area (Å²) in [4.78, 5) is 12.0. The number of ether oxygens (including phenoxy) is 1. The van der Waals surface area contributed by atoms with Gasteiger partial charge in [-0.15, -0.1) is 0 Å². The van der Waals surface area contributed by atoms with Crippen LogP contribution in [0.15, 0.2) is 24.3 Å². The molecule has 0 saturated heterocycles. The maximum atomic E-state index is 12.2. The number of alkyl halides is 2. The normalized spacial score (nSPS) is 15.4. The van der Waals surface area contributed by atoms with Crippen LogP contribution in [-0.4, -0.2) is 18.6 Å². The first-order valence-corrected chi connectivity index (χ1v) is 6.95. The molecule has 1 amide bonds. The van der Waals surface area contributed by atoms with Gasteiger partial charge in [-0.05, 0) is 30.5 Å². The van der Waals surface area contributed by atoms with Gasteiger partial charge in [0.15, 0.2) is 0 Å². The van der Waals surface area contributed by atoms with Crippen molar-refractivity contribution in [3.8, 4) is 5.75 Å². The van der Waals surface area contributed by atoms with Crippen LogP contribution in [0.2, 0.25) is 0 Å². The van der Waals surface area contributed by atoms with Crippen LogP contribution < -0.4 is 15.8 Å². The van der Waals surface area contributed by atoms with E-state index in [1.54, 1.807) is 19.1 Å². The molecular weight excluding hydrogens is 278 g/mol. The Morgan fingerprint density at radius 2 is 2.05 bits per heavy atom. The lowest BCUT2D eigenvalue weighted by Gasteiger charge is -2.21. The highest BCUT2D eigenvalue weighted by atomic mass is 19.3. The fourth-order valence-electron chi connectivity index (χ4n) is 1.87. The Morgan fingerprint density at radius 1 is 1.38 bits per heavy atom. The highest BCUT2D eigenvalue weighted by Gasteiger charge is 2.21. The van der Waals surface area contributed by atoms with Gasteiger partial charge < -0.3 is 15.8 Å². The molecule has 4 nitrogen and oxygen atoms in total. The molecule has 21 heavy (non-hydrogen) atoms. The van der Waals surface area contributed by atoms with Crippen molar-refractivity contribution in [1.82, 2.24) is 5.32 Å². The second kappa shape index (κ2) is 7.93. The Morgan fingerprint density at radius 3 is 2.62 bits per heavy atom. The van der Waals surface area contributed by atoms with E-state index < -0.39 is 12.7 Å². The van der Waals surface area contributed by atoms with Gasteiger partial charge in [0.25, 0.3) is 0 Å². The number of carbonyl (C=O) groups is 1. The van der Waals surface area contributed by atoms with E-state index in [9.17, 15) is 13.6 Å². The van der Waals surface area contributed by atoms with Gasteiger partial charge in [0.05, 0.1) is 12.1 Å². The molecule has 0 bridgehead atoms. The minimum atomic E-state index is -2.87. The molecule has 0 radical (unpaired) electrons. The first-order chi connectivity index (χ1) is 9.85. The molecule has 0 spiro atoms. The zero-order valence-electron chi connectivity index (χ0n) is 12.5. The molecule has 1 aromatic carbocycles. The molecule has 0 heterocycles. The van der Waals surface area contributed by atoms with Crippen molar-refractivity contribution in [1.29, 1.82) is 0 Å². The topological polar surface area (TPSA) is 64.4 Å². The average Bonchev–Trinajstić information content (AvgIpc) is 2.45. The summed E-state index contributed by atoms with van der Waals surface area (Å²) in [6.45, 7) is 2.77. The number of halogens is 2. The molecule has 6 heteroatoms. The maximum Gasteiger partial charge on any atom is 0.387 e. The third-order valence-electron chi connectivity index (χ3n) is 3.50. The lowest BCUT2D eigenvalue weighted by Crippen LogP contribution is -2.45. The van der Waals surface area contributed by atoms with Crippen LogP contribution in [-0.2, 0) is 4.79 Å². The molecule has 1 aromatic rings. The van der Waals surface area contributed by atoms with Crippen LogP contribution in [0.4, 0.5) is 8.78 Å². The standard InChI is InChI=1S/C15H22F2N2O2/c1-4-9(2)13(18)14(20)19-10(3)11-6-5-7-12(8-11)21-15(16)17/h5-10,13,15H,4,18H2,1-3H3,(H,19,20). The predicted molar refractivity (Wildman–Crippen MR) is 77.1 cm³/mol. The number of nitrogens with one attached hydrogen (secondary N) is 1. The van der Waals surface area contributed by atoms with Gasteiger partial charge in [-0.25, -0.2) is 0 Å². The van der Waals surface area contributed by atoms with Crippen molar-refractivity contribution in [2.75, 3.05) is 0 Å². The van der Waals surface area contributed by atoms with Gasteiger partial charge in [0.2, 0.25) is 5.91 Å². The number of nitrogens with two attached hydrogens (primary N) is 1. The van der Waals surface area contributed by atoms with Gasteiger partial charge in [-0.2, -0.15) is 8.78 Å². The van der Waals surface area contributed by atoms with E-state index in [0.29, 0.717) is 5.56 Å². The third-order valence-corrected chi connectivity index (χ3v) is 3.50. The van der Waals surface area contributed by atoms with E-state index in [2.05, 4.69) is 10.1 Å². The minimum absolute atomic E-state index is 0.0647. The zero-order valence-corrected chi connectivity index (χ0v) is 12.5. The van der Waals surface area contributed by atoms with Crippen LogP contribution in [0.1, 0.15) is 38.8 Å². The summed E-state index contributed by atoms with van der Waals surface area (Å²) >= 11 is 0. The molecule has 3 N–H and O–H groups in total. The van der Waals surface area contributed by atoms with Crippen molar-refractivity contribution in [2.24, 2.45) is 11.7 Å². The fraction of sp³-hybridized carbons (Fsp3) is 0.533. The van der Waals surface area contributed by atoms with E-state index in [1.807, 2.05) is 13.8 Å². The molecule has 0 fully saturated rings. The average molecular weight is 300 g/mol. The summed E-state index contributed by atoms with van der Waals surface area (Å²) in [5, 5.41) is 2.78. The SMILES string of the molecule is CCC(C)C(N)C(=O)NC(C)c1cccc(OC(F)F)c1. The summed E-state index contributed by atoms with van der Waals surface area (Å²) in [5.41, 5.74) is 6.54. The Balaban J connectivity index is 2.71. The van der Waals surface area contributed by atoms with Crippen molar-refractivity contribution < 1.29 is 18.3 Å². The molecule has 0 aromatic heterocycles. The summed E-state index contributed by atoms with van der Waals surface area (Å²) in [6, 6.07) is 5.33. The molecule has 118 valence electrons. The monoisotopic (exact) mass is 300 g/mol. The van der Waals surface area contributed by atoms with Gasteiger partial charge in [-0.3, -0.25) is 4.79 Å². The largest absolute Gasteiger partial charge is 0.435 e. The quantitative estimate of drug-likeness (QED) is 0.814. The maximum absolute atomic E-state index is 12.2. The highest BCUT2D eigenvalue weighted by Crippen LogP contribution is 2.21. The summed E-state index contributed by atoms with van der Waals surface area (Å²) in [6.07, 6.45) is 0.806. The zero-order chi connectivity index (χ0) is 16.0. The van der Waals surface area contributed by atoms with E-state index in [1.165, 1.54) is 12.1 Å². The van der Waals surface area contributed by atoms with Crippen molar-refractivity contribution in [3.63, 3.8) is 0 Å².